The summed E-state index contributed by atoms with van der Waals surface area (Å²) in [6, 6.07) is 0. The third-order valence-electron chi connectivity index (χ3n) is 4.42. The highest BCUT2D eigenvalue weighted by atomic mass is 16.5. The summed E-state index contributed by atoms with van der Waals surface area (Å²) in [5.41, 5.74) is -0.441. The van der Waals surface area contributed by atoms with Crippen molar-refractivity contribution in [3.05, 3.63) is 0 Å². The largest absolute Gasteiger partial charge is 0.389 e. The SMILES string of the molecule is OC1(CNCCOC2CCCCC2)CCCCC1. The molecule has 0 atom stereocenters. The third-order valence-corrected chi connectivity index (χ3v) is 4.42. The molecule has 18 heavy (non-hydrogen) atoms. The van der Waals surface area contributed by atoms with Crippen LogP contribution in [-0.4, -0.2) is 36.5 Å². The van der Waals surface area contributed by atoms with Gasteiger partial charge in [-0.3, -0.25) is 0 Å². The van der Waals surface area contributed by atoms with E-state index in [9.17, 15) is 5.11 Å². The zero-order valence-electron chi connectivity index (χ0n) is 11.6. The van der Waals surface area contributed by atoms with Crippen molar-refractivity contribution >= 4 is 0 Å². The highest BCUT2D eigenvalue weighted by Gasteiger charge is 2.28. The second kappa shape index (κ2) is 7.46. The summed E-state index contributed by atoms with van der Waals surface area (Å²) in [6.07, 6.45) is 12.6. The first-order valence-electron chi connectivity index (χ1n) is 7.83. The Labute approximate surface area is 111 Å². The van der Waals surface area contributed by atoms with Crippen LogP contribution in [0.4, 0.5) is 0 Å². The van der Waals surface area contributed by atoms with Crippen LogP contribution in [0.5, 0.6) is 0 Å². The van der Waals surface area contributed by atoms with Crippen LogP contribution in [0.15, 0.2) is 0 Å². The molecular weight excluding hydrogens is 226 g/mol. The average molecular weight is 255 g/mol. The molecule has 0 saturated heterocycles. The van der Waals surface area contributed by atoms with Crippen molar-refractivity contribution in [3.63, 3.8) is 0 Å². The number of aliphatic hydroxyl groups is 1. The predicted octanol–water partition coefficient (Wildman–Crippen LogP) is 2.62. The molecule has 2 rings (SSSR count). The van der Waals surface area contributed by atoms with Crippen LogP contribution in [0.1, 0.15) is 64.2 Å². The van der Waals surface area contributed by atoms with E-state index in [-0.39, 0.29) is 0 Å². The molecule has 0 aromatic heterocycles. The van der Waals surface area contributed by atoms with Gasteiger partial charge < -0.3 is 15.2 Å². The minimum absolute atomic E-state index is 0.441. The molecule has 0 spiro atoms. The van der Waals surface area contributed by atoms with Gasteiger partial charge in [-0.25, -0.2) is 0 Å². The molecule has 2 fully saturated rings. The van der Waals surface area contributed by atoms with Gasteiger partial charge in [-0.15, -0.1) is 0 Å². The molecule has 0 radical (unpaired) electrons. The van der Waals surface area contributed by atoms with Gasteiger partial charge in [0.1, 0.15) is 0 Å². The van der Waals surface area contributed by atoms with Crippen molar-refractivity contribution in [3.8, 4) is 0 Å². The van der Waals surface area contributed by atoms with Gasteiger partial charge in [0, 0.05) is 13.1 Å². The second-order valence-electron chi connectivity index (χ2n) is 6.09. The van der Waals surface area contributed by atoms with Gasteiger partial charge in [-0.1, -0.05) is 38.5 Å². The normalized spacial score (nSPS) is 25.2. The van der Waals surface area contributed by atoms with E-state index in [1.54, 1.807) is 0 Å². The third kappa shape index (κ3) is 4.87. The lowest BCUT2D eigenvalue weighted by molar-refractivity contribution is -0.00135. The van der Waals surface area contributed by atoms with Gasteiger partial charge in [0.05, 0.1) is 18.3 Å². The van der Waals surface area contributed by atoms with Crippen LogP contribution in [0.25, 0.3) is 0 Å². The van der Waals surface area contributed by atoms with E-state index in [2.05, 4.69) is 5.32 Å². The monoisotopic (exact) mass is 255 g/mol. The minimum Gasteiger partial charge on any atom is -0.389 e. The van der Waals surface area contributed by atoms with Crippen LogP contribution in [-0.2, 0) is 4.74 Å². The molecule has 2 saturated carbocycles. The Morgan fingerprint density at radius 2 is 1.67 bits per heavy atom. The molecule has 0 heterocycles. The van der Waals surface area contributed by atoms with E-state index in [0.717, 1.165) is 32.5 Å². The second-order valence-corrected chi connectivity index (χ2v) is 6.09. The van der Waals surface area contributed by atoms with Crippen LogP contribution >= 0.6 is 0 Å². The van der Waals surface area contributed by atoms with Crippen LogP contribution in [0, 0.1) is 0 Å². The number of hydrogen-bond acceptors (Lipinski definition) is 3. The topological polar surface area (TPSA) is 41.5 Å². The van der Waals surface area contributed by atoms with Crippen molar-refractivity contribution in [2.75, 3.05) is 19.7 Å². The lowest BCUT2D eigenvalue weighted by Gasteiger charge is -2.32. The van der Waals surface area contributed by atoms with Crippen molar-refractivity contribution < 1.29 is 9.84 Å². The summed E-state index contributed by atoms with van der Waals surface area (Å²) >= 11 is 0. The van der Waals surface area contributed by atoms with Gasteiger partial charge >= 0.3 is 0 Å². The van der Waals surface area contributed by atoms with Gasteiger partial charge in [-0.2, -0.15) is 0 Å². The average Bonchev–Trinajstić information content (AvgIpc) is 2.40. The maximum atomic E-state index is 10.3. The molecule has 2 N–H and O–H groups in total. The first-order valence-corrected chi connectivity index (χ1v) is 7.83. The van der Waals surface area contributed by atoms with Gasteiger partial charge in [0.25, 0.3) is 0 Å². The van der Waals surface area contributed by atoms with Crippen molar-refractivity contribution in [1.82, 2.24) is 5.32 Å². The Kier molecular flexibility index (Phi) is 5.93. The Balaban J connectivity index is 1.50. The molecule has 3 heteroatoms. The van der Waals surface area contributed by atoms with Crippen molar-refractivity contribution in [1.29, 1.82) is 0 Å². The van der Waals surface area contributed by atoms with E-state index in [1.807, 2.05) is 0 Å². The molecule has 0 aliphatic heterocycles. The quantitative estimate of drug-likeness (QED) is 0.717. The lowest BCUT2D eigenvalue weighted by atomic mass is 9.85. The van der Waals surface area contributed by atoms with Gasteiger partial charge in [-0.05, 0) is 25.7 Å². The number of hydrogen-bond donors (Lipinski definition) is 2. The first kappa shape index (κ1) is 14.3. The van der Waals surface area contributed by atoms with E-state index < -0.39 is 5.60 Å². The summed E-state index contributed by atoms with van der Waals surface area (Å²) in [4.78, 5) is 0. The Bertz CT molecular complexity index is 221. The van der Waals surface area contributed by atoms with Gasteiger partial charge in [0.2, 0.25) is 0 Å². The Morgan fingerprint density at radius 3 is 2.39 bits per heavy atom. The zero-order valence-corrected chi connectivity index (χ0v) is 11.6. The molecule has 0 unspecified atom stereocenters. The number of rotatable bonds is 6. The van der Waals surface area contributed by atoms with E-state index in [1.165, 1.54) is 51.4 Å². The molecule has 2 aliphatic carbocycles. The van der Waals surface area contributed by atoms with Crippen molar-refractivity contribution in [2.24, 2.45) is 0 Å². The number of nitrogens with one attached hydrogen (secondary N) is 1. The highest BCUT2D eigenvalue weighted by molar-refractivity contribution is 4.84. The van der Waals surface area contributed by atoms with E-state index >= 15 is 0 Å². The Hall–Kier alpha value is -0.120. The molecule has 106 valence electrons. The summed E-state index contributed by atoms with van der Waals surface area (Å²) in [5.74, 6) is 0. The standard InChI is InChI=1S/C15H29NO2/c17-15(9-5-2-6-10-15)13-16-11-12-18-14-7-3-1-4-8-14/h14,16-17H,1-13H2. The maximum absolute atomic E-state index is 10.3. The minimum atomic E-state index is -0.441. The van der Waals surface area contributed by atoms with Gasteiger partial charge in [0.15, 0.2) is 0 Å². The molecule has 0 aromatic carbocycles. The summed E-state index contributed by atoms with van der Waals surface area (Å²) in [6.45, 7) is 2.40. The van der Waals surface area contributed by atoms with Crippen molar-refractivity contribution in [2.45, 2.75) is 75.9 Å². The highest BCUT2D eigenvalue weighted by Crippen LogP contribution is 2.27. The fraction of sp³-hybridized carbons (Fsp3) is 1.00. The molecule has 0 amide bonds. The first-order chi connectivity index (χ1) is 8.79. The lowest BCUT2D eigenvalue weighted by Crippen LogP contribution is -2.43. The molecule has 2 aliphatic rings. The molecular formula is C15H29NO2. The molecule has 0 bridgehead atoms. The zero-order chi connectivity index (χ0) is 12.7. The number of ether oxygens (including phenoxy) is 1. The molecule has 0 aromatic rings. The van der Waals surface area contributed by atoms with Crippen LogP contribution in [0.2, 0.25) is 0 Å². The van der Waals surface area contributed by atoms with E-state index in [4.69, 9.17) is 4.74 Å². The summed E-state index contributed by atoms with van der Waals surface area (Å²) in [7, 11) is 0. The van der Waals surface area contributed by atoms with Crippen LogP contribution < -0.4 is 5.32 Å². The summed E-state index contributed by atoms with van der Waals surface area (Å²) < 4.78 is 5.86. The summed E-state index contributed by atoms with van der Waals surface area (Å²) in [5, 5.41) is 13.7. The smallest absolute Gasteiger partial charge is 0.0771 e. The van der Waals surface area contributed by atoms with E-state index in [0.29, 0.717) is 6.10 Å². The van der Waals surface area contributed by atoms with Crippen LogP contribution in [0.3, 0.4) is 0 Å². The Morgan fingerprint density at radius 1 is 1.00 bits per heavy atom. The maximum Gasteiger partial charge on any atom is 0.0771 e. The fourth-order valence-corrected chi connectivity index (χ4v) is 3.24. The fourth-order valence-electron chi connectivity index (χ4n) is 3.24. The predicted molar refractivity (Wildman–Crippen MR) is 73.7 cm³/mol. The molecule has 3 nitrogen and oxygen atoms in total.